The zero-order chi connectivity index (χ0) is 20.3. The molecule has 0 saturated carbocycles. The molecule has 1 rings (SSSR count). The lowest BCUT2D eigenvalue weighted by Crippen LogP contribution is -2.09. The summed E-state index contributed by atoms with van der Waals surface area (Å²) in [6, 6.07) is 4.58. The highest BCUT2D eigenvalue weighted by atomic mass is 35.5. The number of unbranched alkanes of at least 4 members (excludes halogenated alkanes) is 10. The van der Waals surface area contributed by atoms with Gasteiger partial charge in [0.1, 0.15) is 5.75 Å². The van der Waals surface area contributed by atoms with Crippen LogP contribution in [0.15, 0.2) is 18.2 Å². The molecule has 0 fully saturated rings. The van der Waals surface area contributed by atoms with Crippen molar-refractivity contribution >= 4 is 29.2 Å². The third-order valence-electron chi connectivity index (χ3n) is 4.05. The molecule has 0 heterocycles. The average molecular weight is 420 g/mol. The second-order valence-corrected chi connectivity index (χ2v) is 7.43. The summed E-state index contributed by atoms with van der Waals surface area (Å²) in [4.78, 5) is 10.2. The van der Waals surface area contributed by atoms with E-state index in [1.165, 1.54) is 82.8 Å². The van der Waals surface area contributed by atoms with Crippen molar-refractivity contribution in [2.45, 2.75) is 77.6 Å². The Balaban J connectivity index is 0.000000501. The van der Waals surface area contributed by atoms with Gasteiger partial charge in [0, 0.05) is 5.02 Å². The van der Waals surface area contributed by atoms with Gasteiger partial charge in [0.05, 0.1) is 5.02 Å². The molecule has 6 heteroatoms. The Hall–Kier alpha value is -0.970. The van der Waals surface area contributed by atoms with Crippen LogP contribution in [0.5, 0.6) is 5.75 Å². The lowest BCUT2D eigenvalue weighted by Gasteiger charge is -2.04. The predicted octanol–water partition coefficient (Wildman–Crippen LogP) is 6.71. The highest BCUT2D eigenvalue weighted by Crippen LogP contribution is 2.27. The molecule has 0 aliphatic rings. The van der Waals surface area contributed by atoms with Crippen molar-refractivity contribution < 1.29 is 14.6 Å². The number of carboxylic acids is 1. The molecule has 0 amide bonds. The summed E-state index contributed by atoms with van der Waals surface area (Å²) >= 11 is 11.3. The van der Waals surface area contributed by atoms with Crippen molar-refractivity contribution in [3.63, 3.8) is 0 Å². The third kappa shape index (κ3) is 16.9. The maximum atomic E-state index is 10.2. The summed E-state index contributed by atoms with van der Waals surface area (Å²) in [5, 5.41) is 9.11. The van der Waals surface area contributed by atoms with Gasteiger partial charge in [0.2, 0.25) is 0 Å². The minimum Gasteiger partial charge on any atom is -0.480 e. The van der Waals surface area contributed by atoms with Crippen LogP contribution >= 0.6 is 23.2 Å². The van der Waals surface area contributed by atoms with Gasteiger partial charge in [-0.25, -0.2) is 4.79 Å². The summed E-state index contributed by atoms with van der Waals surface area (Å²) in [6.45, 7) is 2.73. The molecule has 0 aliphatic heterocycles. The van der Waals surface area contributed by atoms with Gasteiger partial charge >= 0.3 is 5.97 Å². The highest BCUT2D eigenvalue weighted by Gasteiger charge is 2.04. The first-order valence-electron chi connectivity index (χ1n) is 10.0. The van der Waals surface area contributed by atoms with E-state index < -0.39 is 12.6 Å². The van der Waals surface area contributed by atoms with Crippen molar-refractivity contribution in [2.24, 2.45) is 5.73 Å². The number of carbonyl (C=O) groups is 1. The summed E-state index contributed by atoms with van der Waals surface area (Å²) < 4.78 is 4.86. The fourth-order valence-electron chi connectivity index (χ4n) is 2.54. The Labute approximate surface area is 174 Å². The largest absolute Gasteiger partial charge is 0.480 e. The average Bonchev–Trinajstić information content (AvgIpc) is 2.63. The number of carboxylic acid groups (broad SMARTS) is 1. The summed E-state index contributed by atoms with van der Waals surface area (Å²) in [5.74, 6) is -0.737. The highest BCUT2D eigenvalue weighted by molar-refractivity contribution is 6.35. The Morgan fingerprint density at radius 3 is 1.93 bits per heavy atom. The second-order valence-electron chi connectivity index (χ2n) is 6.58. The van der Waals surface area contributed by atoms with Gasteiger partial charge in [0.25, 0.3) is 0 Å². The van der Waals surface area contributed by atoms with Crippen LogP contribution in [-0.4, -0.2) is 24.2 Å². The van der Waals surface area contributed by atoms with Gasteiger partial charge in [-0.1, -0.05) is 94.3 Å². The van der Waals surface area contributed by atoms with E-state index in [-0.39, 0.29) is 0 Å². The van der Waals surface area contributed by atoms with Crippen molar-refractivity contribution in [1.29, 1.82) is 0 Å². The first-order chi connectivity index (χ1) is 13.0. The van der Waals surface area contributed by atoms with E-state index in [1.807, 2.05) is 0 Å². The molecule has 0 saturated heterocycles. The number of nitrogens with two attached hydrogens (primary N) is 1. The van der Waals surface area contributed by atoms with E-state index in [0.29, 0.717) is 15.8 Å². The van der Waals surface area contributed by atoms with Crippen LogP contribution in [0.1, 0.15) is 77.6 Å². The van der Waals surface area contributed by atoms with Crippen molar-refractivity contribution in [1.82, 2.24) is 0 Å². The number of aliphatic carboxylic acids is 1. The molecule has 0 spiro atoms. The van der Waals surface area contributed by atoms with Crippen molar-refractivity contribution in [2.75, 3.05) is 13.2 Å². The maximum absolute atomic E-state index is 10.2. The molecule has 4 nitrogen and oxygen atoms in total. The number of benzene rings is 1. The second kappa shape index (κ2) is 18.4. The molecule has 0 atom stereocenters. The van der Waals surface area contributed by atoms with Crippen LogP contribution in [0.3, 0.4) is 0 Å². The van der Waals surface area contributed by atoms with Crippen molar-refractivity contribution in [3.05, 3.63) is 28.2 Å². The molecular formula is C21H35Cl2NO3. The zero-order valence-corrected chi connectivity index (χ0v) is 18.0. The SMILES string of the molecule is CCCCCCCCCCCCCN.O=C(O)COc1ccc(Cl)cc1Cl. The molecule has 27 heavy (non-hydrogen) atoms. The number of halogens is 2. The number of hydrogen-bond donors (Lipinski definition) is 2. The van der Waals surface area contributed by atoms with Crippen LogP contribution < -0.4 is 10.5 Å². The van der Waals surface area contributed by atoms with E-state index >= 15 is 0 Å². The van der Waals surface area contributed by atoms with Gasteiger partial charge in [0.15, 0.2) is 6.61 Å². The smallest absolute Gasteiger partial charge is 0.341 e. The van der Waals surface area contributed by atoms with Crippen LogP contribution in [0.25, 0.3) is 0 Å². The molecule has 0 aromatic heterocycles. The molecule has 156 valence electrons. The van der Waals surface area contributed by atoms with Crippen LogP contribution in [0.2, 0.25) is 10.0 Å². The Bertz CT molecular complexity index is 486. The minimum absolute atomic E-state index is 0.300. The quantitative estimate of drug-likeness (QED) is 0.328. The number of hydrogen-bond acceptors (Lipinski definition) is 3. The molecule has 1 aromatic carbocycles. The molecule has 1 aromatic rings. The van der Waals surface area contributed by atoms with Gasteiger partial charge < -0.3 is 15.6 Å². The van der Waals surface area contributed by atoms with Gasteiger partial charge in [-0.15, -0.1) is 0 Å². The van der Waals surface area contributed by atoms with Gasteiger partial charge in [-0.2, -0.15) is 0 Å². The van der Waals surface area contributed by atoms with E-state index in [4.69, 9.17) is 38.8 Å². The van der Waals surface area contributed by atoms with Crippen LogP contribution in [-0.2, 0) is 4.79 Å². The zero-order valence-electron chi connectivity index (χ0n) is 16.5. The Morgan fingerprint density at radius 1 is 0.963 bits per heavy atom. The monoisotopic (exact) mass is 419 g/mol. The normalized spacial score (nSPS) is 10.2. The van der Waals surface area contributed by atoms with E-state index in [1.54, 1.807) is 6.07 Å². The molecule has 0 unspecified atom stereocenters. The first kappa shape index (κ1) is 26.0. The summed E-state index contributed by atoms with van der Waals surface area (Å²) in [6.07, 6.45) is 15.4. The lowest BCUT2D eigenvalue weighted by atomic mass is 10.1. The van der Waals surface area contributed by atoms with Crippen LogP contribution in [0, 0.1) is 0 Å². The first-order valence-corrected chi connectivity index (χ1v) is 10.8. The lowest BCUT2D eigenvalue weighted by molar-refractivity contribution is -0.139. The van der Waals surface area contributed by atoms with E-state index in [0.717, 1.165) is 6.54 Å². The molecule has 0 bridgehead atoms. The molecule has 0 aliphatic carbocycles. The van der Waals surface area contributed by atoms with Crippen molar-refractivity contribution in [3.8, 4) is 5.75 Å². The number of ether oxygens (including phenoxy) is 1. The van der Waals surface area contributed by atoms with Gasteiger partial charge in [-0.05, 0) is 31.2 Å². The van der Waals surface area contributed by atoms with Crippen LogP contribution in [0.4, 0.5) is 0 Å². The fraction of sp³-hybridized carbons (Fsp3) is 0.667. The summed E-state index contributed by atoms with van der Waals surface area (Å²) in [5.41, 5.74) is 5.44. The fourth-order valence-corrected chi connectivity index (χ4v) is 3.00. The summed E-state index contributed by atoms with van der Waals surface area (Å²) in [7, 11) is 0. The molecular weight excluding hydrogens is 385 g/mol. The third-order valence-corrected chi connectivity index (χ3v) is 4.58. The number of rotatable bonds is 14. The molecule has 3 N–H and O–H groups in total. The maximum Gasteiger partial charge on any atom is 0.341 e. The topological polar surface area (TPSA) is 72.6 Å². The van der Waals surface area contributed by atoms with E-state index in [2.05, 4.69) is 6.92 Å². The Morgan fingerprint density at radius 2 is 1.48 bits per heavy atom. The van der Waals surface area contributed by atoms with Gasteiger partial charge in [-0.3, -0.25) is 0 Å². The van der Waals surface area contributed by atoms with E-state index in [9.17, 15) is 4.79 Å². The predicted molar refractivity (Wildman–Crippen MR) is 115 cm³/mol. The Kier molecular flexibility index (Phi) is 17.7. The molecule has 0 radical (unpaired) electrons. The standard InChI is InChI=1S/C13H29N.C8H6Cl2O3/c1-2-3-4-5-6-7-8-9-10-11-12-13-14;9-5-1-2-7(6(10)3-5)13-4-8(11)12/h2-14H2,1H3;1-3H,4H2,(H,11,12). The minimum atomic E-state index is -1.05.